The minimum absolute atomic E-state index is 0.0150. The Morgan fingerprint density at radius 1 is 1.62 bits per heavy atom. The van der Waals surface area contributed by atoms with E-state index in [4.69, 9.17) is 10.2 Å². The van der Waals surface area contributed by atoms with Gasteiger partial charge in [0.2, 0.25) is 0 Å². The molecule has 0 bridgehead atoms. The van der Waals surface area contributed by atoms with Crippen molar-refractivity contribution in [2.24, 2.45) is 5.92 Å². The largest absolute Gasteiger partial charge is 0.396 e. The van der Waals surface area contributed by atoms with Crippen molar-refractivity contribution in [3.8, 4) is 0 Å². The number of hydrogen-bond donors (Lipinski definition) is 3. The van der Waals surface area contributed by atoms with Crippen LogP contribution < -0.4 is 0 Å². The van der Waals surface area contributed by atoms with Crippen molar-refractivity contribution in [1.29, 1.82) is 0 Å². The van der Waals surface area contributed by atoms with Crippen LogP contribution in [0.5, 0.6) is 0 Å². The van der Waals surface area contributed by atoms with Gasteiger partial charge in [0.05, 0.1) is 0 Å². The van der Waals surface area contributed by atoms with E-state index in [1.807, 2.05) is 6.92 Å². The SMILES string of the molecule is CCC(CO)C(O)S. The van der Waals surface area contributed by atoms with E-state index in [0.717, 1.165) is 6.42 Å². The first-order valence-electron chi connectivity index (χ1n) is 2.69. The first-order chi connectivity index (χ1) is 3.72. The molecule has 0 heterocycles. The van der Waals surface area contributed by atoms with Gasteiger partial charge in [0, 0.05) is 12.5 Å². The minimum Gasteiger partial charge on any atom is -0.396 e. The van der Waals surface area contributed by atoms with Gasteiger partial charge in [0.1, 0.15) is 5.44 Å². The first-order valence-corrected chi connectivity index (χ1v) is 3.21. The maximum absolute atomic E-state index is 8.72. The van der Waals surface area contributed by atoms with Gasteiger partial charge < -0.3 is 10.2 Å². The number of rotatable bonds is 3. The Morgan fingerprint density at radius 3 is 2.12 bits per heavy atom. The average Bonchev–Trinajstić information content (AvgIpc) is 1.69. The number of aliphatic hydroxyl groups is 2. The summed E-state index contributed by atoms with van der Waals surface area (Å²) in [6, 6.07) is 0. The summed E-state index contributed by atoms with van der Waals surface area (Å²) in [6.45, 7) is 1.92. The van der Waals surface area contributed by atoms with E-state index in [-0.39, 0.29) is 12.5 Å². The fourth-order valence-corrected chi connectivity index (χ4v) is 0.739. The Bertz CT molecular complexity index is 52.4. The summed E-state index contributed by atoms with van der Waals surface area (Å²) < 4.78 is 0. The minimum atomic E-state index is -0.676. The second kappa shape index (κ2) is 4.18. The number of hydrogen-bond acceptors (Lipinski definition) is 3. The van der Waals surface area contributed by atoms with Gasteiger partial charge in [-0.1, -0.05) is 6.92 Å². The van der Waals surface area contributed by atoms with E-state index in [2.05, 4.69) is 12.6 Å². The van der Waals surface area contributed by atoms with Crippen LogP contribution in [0.3, 0.4) is 0 Å². The third-order valence-electron chi connectivity index (χ3n) is 1.18. The van der Waals surface area contributed by atoms with Crippen LogP contribution >= 0.6 is 12.6 Å². The van der Waals surface area contributed by atoms with Crippen LogP contribution in [0.25, 0.3) is 0 Å². The molecule has 2 N–H and O–H groups in total. The molecule has 0 fully saturated rings. The fraction of sp³-hybridized carbons (Fsp3) is 1.00. The summed E-state index contributed by atoms with van der Waals surface area (Å²) in [7, 11) is 0. The van der Waals surface area contributed by atoms with Gasteiger partial charge in [-0.25, -0.2) is 0 Å². The van der Waals surface area contributed by atoms with Crippen molar-refractivity contribution in [2.75, 3.05) is 6.61 Å². The molecular formula is C5H12O2S. The summed E-state index contributed by atoms with van der Waals surface area (Å²) >= 11 is 3.75. The number of aliphatic hydroxyl groups excluding tert-OH is 2. The lowest BCUT2D eigenvalue weighted by Crippen LogP contribution is -2.16. The van der Waals surface area contributed by atoms with Gasteiger partial charge in [0.25, 0.3) is 0 Å². The second-order valence-electron chi connectivity index (χ2n) is 1.76. The zero-order valence-electron chi connectivity index (χ0n) is 4.91. The van der Waals surface area contributed by atoms with Crippen LogP contribution in [0.1, 0.15) is 13.3 Å². The molecule has 0 radical (unpaired) electrons. The summed E-state index contributed by atoms with van der Waals surface area (Å²) in [4.78, 5) is 0. The topological polar surface area (TPSA) is 40.5 Å². The molecule has 0 amide bonds. The van der Waals surface area contributed by atoms with Crippen molar-refractivity contribution < 1.29 is 10.2 Å². The molecule has 0 aromatic carbocycles. The van der Waals surface area contributed by atoms with Gasteiger partial charge in [-0.2, -0.15) is 0 Å². The van der Waals surface area contributed by atoms with E-state index in [0.29, 0.717) is 0 Å². The van der Waals surface area contributed by atoms with Gasteiger partial charge in [-0.15, -0.1) is 12.6 Å². The highest BCUT2D eigenvalue weighted by Gasteiger charge is 2.10. The Balaban J connectivity index is 3.35. The Kier molecular flexibility index (Phi) is 4.32. The maximum Gasteiger partial charge on any atom is 0.101 e. The number of thiol groups is 1. The average molecular weight is 136 g/mol. The molecule has 3 heteroatoms. The normalized spacial score (nSPS) is 18.0. The molecule has 2 nitrogen and oxygen atoms in total. The lowest BCUT2D eigenvalue weighted by Gasteiger charge is -2.12. The first kappa shape index (κ1) is 8.27. The molecule has 0 saturated carbocycles. The molecule has 0 aromatic rings. The highest BCUT2D eigenvalue weighted by Crippen LogP contribution is 2.09. The highest BCUT2D eigenvalue weighted by atomic mass is 32.1. The van der Waals surface area contributed by atoms with Crippen molar-refractivity contribution in [1.82, 2.24) is 0 Å². The molecule has 2 atom stereocenters. The zero-order chi connectivity index (χ0) is 6.57. The van der Waals surface area contributed by atoms with E-state index in [9.17, 15) is 0 Å². The smallest absolute Gasteiger partial charge is 0.101 e. The van der Waals surface area contributed by atoms with Gasteiger partial charge >= 0.3 is 0 Å². The Labute approximate surface area is 54.9 Å². The Hall–Kier alpha value is 0.270. The molecule has 50 valence electrons. The van der Waals surface area contributed by atoms with Gasteiger partial charge in [0.15, 0.2) is 0 Å². The predicted molar refractivity (Wildman–Crippen MR) is 35.9 cm³/mol. The van der Waals surface area contributed by atoms with Gasteiger partial charge in [-0.05, 0) is 6.42 Å². The molecule has 0 saturated heterocycles. The van der Waals surface area contributed by atoms with Crippen molar-refractivity contribution >= 4 is 12.6 Å². The molecule has 0 spiro atoms. The van der Waals surface area contributed by atoms with Crippen LogP contribution in [-0.4, -0.2) is 22.3 Å². The molecule has 0 rings (SSSR count). The molecule has 0 aliphatic rings. The molecule has 0 aromatic heterocycles. The summed E-state index contributed by atoms with van der Waals surface area (Å²) in [5.41, 5.74) is -0.676. The van der Waals surface area contributed by atoms with Crippen molar-refractivity contribution in [3.63, 3.8) is 0 Å². The van der Waals surface area contributed by atoms with Crippen LogP contribution in [0.2, 0.25) is 0 Å². The van der Waals surface area contributed by atoms with E-state index in [1.165, 1.54) is 0 Å². The van der Waals surface area contributed by atoms with Crippen molar-refractivity contribution in [3.05, 3.63) is 0 Å². The lowest BCUT2D eigenvalue weighted by atomic mass is 10.1. The van der Waals surface area contributed by atoms with E-state index >= 15 is 0 Å². The third-order valence-corrected chi connectivity index (χ3v) is 1.60. The van der Waals surface area contributed by atoms with Crippen LogP contribution in [-0.2, 0) is 0 Å². The van der Waals surface area contributed by atoms with E-state index in [1.54, 1.807) is 0 Å². The molecule has 0 aliphatic heterocycles. The van der Waals surface area contributed by atoms with Gasteiger partial charge in [-0.3, -0.25) is 0 Å². The summed E-state index contributed by atoms with van der Waals surface area (Å²) in [5, 5.41) is 17.2. The third kappa shape index (κ3) is 2.55. The standard InChI is InChI=1S/C5H12O2S/c1-2-4(3-6)5(7)8/h4-8H,2-3H2,1H3. The second-order valence-corrected chi connectivity index (χ2v) is 2.29. The molecular weight excluding hydrogens is 124 g/mol. The monoisotopic (exact) mass is 136 g/mol. The van der Waals surface area contributed by atoms with E-state index < -0.39 is 5.44 Å². The Morgan fingerprint density at radius 2 is 2.12 bits per heavy atom. The predicted octanol–water partition coefficient (Wildman–Crippen LogP) is 0.253. The summed E-state index contributed by atoms with van der Waals surface area (Å²) in [6.07, 6.45) is 0.765. The zero-order valence-corrected chi connectivity index (χ0v) is 5.80. The fourth-order valence-electron chi connectivity index (χ4n) is 0.434. The highest BCUT2D eigenvalue weighted by molar-refractivity contribution is 7.80. The van der Waals surface area contributed by atoms with Crippen LogP contribution in [0.4, 0.5) is 0 Å². The quantitative estimate of drug-likeness (QED) is 0.384. The van der Waals surface area contributed by atoms with Crippen molar-refractivity contribution in [2.45, 2.75) is 18.8 Å². The summed E-state index contributed by atoms with van der Waals surface area (Å²) in [5.74, 6) is -0.0710. The van der Waals surface area contributed by atoms with Crippen LogP contribution in [0.15, 0.2) is 0 Å². The molecule has 8 heavy (non-hydrogen) atoms. The molecule has 2 unspecified atom stereocenters. The molecule has 0 aliphatic carbocycles. The van der Waals surface area contributed by atoms with Crippen LogP contribution in [0, 0.1) is 5.92 Å². The maximum atomic E-state index is 8.72. The lowest BCUT2D eigenvalue weighted by molar-refractivity contribution is 0.126.